The molecular formula is C11H12N2O. The van der Waals surface area contributed by atoms with Crippen molar-refractivity contribution in [3.05, 3.63) is 24.5 Å². The van der Waals surface area contributed by atoms with Gasteiger partial charge >= 0.3 is 0 Å². The zero-order chi connectivity index (χ0) is 9.54. The highest BCUT2D eigenvalue weighted by Gasteiger charge is 2.24. The summed E-state index contributed by atoms with van der Waals surface area (Å²) >= 11 is 0. The molecule has 3 rings (SSSR count). The first kappa shape index (κ1) is 7.85. The number of fused-ring (bicyclic) bond motifs is 1. The molecule has 0 bridgehead atoms. The van der Waals surface area contributed by atoms with Crippen LogP contribution in [0.2, 0.25) is 0 Å². The summed E-state index contributed by atoms with van der Waals surface area (Å²) in [5, 5.41) is 0. The lowest BCUT2D eigenvalue weighted by Gasteiger charge is -2.01. The summed E-state index contributed by atoms with van der Waals surface area (Å²) in [7, 11) is 1.68. The van der Waals surface area contributed by atoms with Gasteiger partial charge in [-0.1, -0.05) is 0 Å². The highest BCUT2D eigenvalue weighted by molar-refractivity contribution is 5.77. The maximum Gasteiger partial charge on any atom is 0.121 e. The van der Waals surface area contributed by atoms with Gasteiger partial charge in [-0.05, 0) is 25.0 Å². The maximum absolute atomic E-state index is 5.16. The summed E-state index contributed by atoms with van der Waals surface area (Å²) in [4.78, 5) is 4.37. The Morgan fingerprint density at radius 3 is 3.00 bits per heavy atom. The molecule has 1 saturated carbocycles. The molecule has 0 spiro atoms. The molecule has 1 aliphatic rings. The molecular weight excluding hydrogens is 176 g/mol. The second kappa shape index (κ2) is 2.74. The van der Waals surface area contributed by atoms with Crippen molar-refractivity contribution in [2.24, 2.45) is 0 Å². The van der Waals surface area contributed by atoms with Gasteiger partial charge in [0, 0.05) is 12.1 Å². The number of hydrogen-bond donors (Lipinski definition) is 0. The van der Waals surface area contributed by atoms with Gasteiger partial charge in [0.2, 0.25) is 0 Å². The quantitative estimate of drug-likeness (QED) is 0.723. The van der Waals surface area contributed by atoms with Crippen molar-refractivity contribution in [3.8, 4) is 5.75 Å². The molecule has 0 atom stereocenters. The molecule has 0 amide bonds. The number of aromatic nitrogens is 2. The molecule has 0 N–H and O–H groups in total. The third-order valence-electron chi connectivity index (χ3n) is 2.72. The van der Waals surface area contributed by atoms with Gasteiger partial charge in [0.1, 0.15) is 5.75 Å². The Labute approximate surface area is 82.3 Å². The predicted octanol–water partition coefficient (Wildman–Crippen LogP) is 2.38. The van der Waals surface area contributed by atoms with Gasteiger partial charge < -0.3 is 9.30 Å². The number of benzene rings is 1. The van der Waals surface area contributed by atoms with Gasteiger partial charge in [-0.3, -0.25) is 0 Å². The molecule has 1 heterocycles. The average molecular weight is 188 g/mol. The second-order valence-corrected chi connectivity index (χ2v) is 3.74. The number of hydrogen-bond acceptors (Lipinski definition) is 2. The van der Waals surface area contributed by atoms with Crippen LogP contribution in [0.5, 0.6) is 5.75 Å². The van der Waals surface area contributed by atoms with Crippen LogP contribution in [0.15, 0.2) is 24.5 Å². The van der Waals surface area contributed by atoms with Crippen molar-refractivity contribution < 1.29 is 4.74 Å². The molecule has 3 nitrogen and oxygen atoms in total. The maximum atomic E-state index is 5.16. The molecule has 14 heavy (non-hydrogen) atoms. The fourth-order valence-electron chi connectivity index (χ4n) is 1.78. The molecule has 0 radical (unpaired) electrons. The molecule has 0 unspecified atom stereocenters. The monoisotopic (exact) mass is 188 g/mol. The van der Waals surface area contributed by atoms with E-state index in [0.717, 1.165) is 11.3 Å². The smallest absolute Gasteiger partial charge is 0.121 e. The van der Waals surface area contributed by atoms with Crippen molar-refractivity contribution in [2.45, 2.75) is 18.9 Å². The largest absolute Gasteiger partial charge is 0.497 e. The predicted molar refractivity (Wildman–Crippen MR) is 54.6 cm³/mol. The number of nitrogens with zero attached hydrogens (tertiary/aromatic N) is 2. The van der Waals surface area contributed by atoms with E-state index in [1.54, 1.807) is 7.11 Å². The minimum absolute atomic E-state index is 0.688. The first-order valence-corrected chi connectivity index (χ1v) is 4.89. The topological polar surface area (TPSA) is 27.1 Å². The summed E-state index contributed by atoms with van der Waals surface area (Å²) in [5.74, 6) is 0.874. The second-order valence-electron chi connectivity index (χ2n) is 3.74. The number of rotatable bonds is 2. The number of ether oxygens (including phenoxy) is 1. The fourth-order valence-corrected chi connectivity index (χ4v) is 1.78. The lowest BCUT2D eigenvalue weighted by Crippen LogP contribution is -1.90. The summed E-state index contributed by atoms with van der Waals surface area (Å²) in [6.07, 6.45) is 4.51. The molecule has 0 saturated heterocycles. The summed E-state index contributed by atoms with van der Waals surface area (Å²) in [6.45, 7) is 0. The highest BCUT2D eigenvalue weighted by atomic mass is 16.5. The van der Waals surface area contributed by atoms with Crippen LogP contribution >= 0.6 is 0 Å². The minimum Gasteiger partial charge on any atom is -0.497 e. The molecule has 2 aromatic rings. The fraction of sp³-hybridized carbons (Fsp3) is 0.364. The van der Waals surface area contributed by atoms with Crippen molar-refractivity contribution in [3.63, 3.8) is 0 Å². The highest BCUT2D eigenvalue weighted by Crippen LogP contribution is 2.37. The van der Waals surface area contributed by atoms with Crippen molar-refractivity contribution in [1.29, 1.82) is 0 Å². The number of imidazole rings is 1. The molecule has 0 aliphatic heterocycles. The van der Waals surface area contributed by atoms with Crippen LogP contribution in [0.25, 0.3) is 11.0 Å². The van der Waals surface area contributed by atoms with Crippen molar-refractivity contribution >= 4 is 11.0 Å². The van der Waals surface area contributed by atoms with Gasteiger partial charge in [0.15, 0.2) is 0 Å². The van der Waals surface area contributed by atoms with Gasteiger partial charge in [-0.2, -0.15) is 0 Å². The van der Waals surface area contributed by atoms with Crippen LogP contribution in [0.4, 0.5) is 0 Å². The third kappa shape index (κ3) is 1.09. The molecule has 1 fully saturated rings. The van der Waals surface area contributed by atoms with Crippen LogP contribution in [0, 0.1) is 0 Å². The van der Waals surface area contributed by atoms with Gasteiger partial charge in [0.25, 0.3) is 0 Å². The summed E-state index contributed by atoms with van der Waals surface area (Å²) in [6, 6.07) is 6.74. The Kier molecular flexibility index (Phi) is 1.54. The Morgan fingerprint density at radius 2 is 2.29 bits per heavy atom. The van der Waals surface area contributed by atoms with Gasteiger partial charge in [0.05, 0.1) is 24.5 Å². The summed E-state index contributed by atoms with van der Waals surface area (Å²) in [5.41, 5.74) is 2.24. The lowest BCUT2D eigenvalue weighted by atomic mass is 10.3. The standard InChI is InChI=1S/C11H12N2O/c1-14-9-4-5-11-10(6-9)12-7-13(11)8-2-3-8/h4-8H,2-3H2,1H3. The average Bonchev–Trinajstić information content (AvgIpc) is 2.98. The first-order valence-electron chi connectivity index (χ1n) is 4.89. The van der Waals surface area contributed by atoms with Crippen molar-refractivity contribution in [2.75, 3.05) is 7.11 Å². The van der Waals surface area contributed by atoms with E-state index in [0.29, 0.717) is 6.04 Å². The Balaban J connectivity index is 2.17. The van der Waals surface area contributed by atoms with Crippen LogP contribution in [-0.4, -0.2) is 16.7 Å². The van der Waals surface area contributed by atoms with E-state index in [-0.39, 0.29) is 0 Å². The molecule has 1 aliphatic carbocycles. The molecule has 3 heteroatoms. The Hall–Kier alpha value is -1.51. The summed E-state index contributed by atoms with van der Waals surface area (Å²) < 4.78 is 7.42. The van der Waals surface area contributed by atoms with Gasteiger partial charge in [-0.25, -0.2) is 4.98 Å². The first-order chi connectivity index (χ1) is 6.88. The lowest BCUT2D eigenvalue weighted by molar-refractivity contribution is 0.415. The van der Waals surface area contributed by atoms with E-state index in [1.807, 2.05) is 18.5 Å². The van der Waals surface area contributed by atoms with E-state index < -0.39 is 0 Å². The van der Waals surface area contributed by atoms with Crippen LogP contribution in [-0.2, 0) is 0 Å². The van der Waals surface area contributed by atoms with E-state index in [4.69, 9.17) is 4.74 Å². The molecule has 1 aromatic heterocycles. The molecule has 1 aromatic carbocycles. The van der Waals surface area contributed by atoms with Crippen LogP contribution in [0.1, 0.15) is 18.9 Å². The van der Waals surface area contributed by atoms with Crippen molar-refractivity contribution in [1.82, 2.24) is 9.55 Å². The van der Waals surface area contributed by atoms with E-state index in [1.165, 1.54) is 18.4 Å². The zero-order valence-electron chi connectivity index (χ0n) is 8.10. The molecule has 72 valence electrons. The normalized spacial score (nSPS) is 16.1. The van der Waals surface area contributed by atoms with Crippen LogP contribution in [0.3, 0.4) is 0 Å². The number of methoxy groups -OCH3 is 1. The SMILES string of the molecule is COc1ccc2c(c1)ncn2C1CC1. The van der Waals surface area contributed by atoms with Gasteiger partial charge in [-0.15, -0.1) is 0 Å². The Morgan fingerprint density at radius 1 is 1.43 bits per heavy atom. The minimum atomic E-state index is 0.688. The third-order valence-corrected chi connectivity index (χ3v) is 2.72. The van der Waals surface area contributed by atoms with E-state index in [9.17, 15) is 0 Å². The van der Waals surface area contributed by atoms with E-state index in [2.05, 4.69) is 15.6 Å². The Bertz CT molecular complexity index is 471. The van der Waals surface area contributed by atoms with E-state index >= 15 is 0 Å². The van der Waals surface area contributed by atoms with Crippen LogP contribution < -0.4 is 4.74 Å². The zero-order valence-corrected chi connectivity index (χ0v) is 8.10.